The fraction of sp³-hybridized carbons (Fsp3) is 0.500. The third-order valence-corrected chi connectivity index (χ3v) is 4.23. The summed E-state index contributed by atoms with van der Waals surface area (Å²) in [6.07, 6.45) is -0.892. The molecule has 2 aromatic rings. The molecule has 1 aliphatic rings. The zero-order valence-corrected chi connectivity index (χ0v) is 14.9. The van der Waals surface area contributed by atoms with Crippen LogP contribution in [0, 0.1) is 0 Å². The Kier molecular flexibility index (Phi) is 5.19. The molecule has 0 bridgehead atoms. The molecule has 11 heteroatoms. The molecule has 1 saturated heterocycles. The number of nitrogens with zero attached hydrogens (tertiary/aromatic N) is 6. The lowest BCUT2D eigenvalue weighted by atomic mass is 10.1. The number of hydrogen-bond donors (Lipinski definition) is 1. The fourth-order valence-electron chi connectivity index (χ4n) is 3.01. The summed E-state index contributed by atoms with van der Waals surface area (Å²) in [4.78, 5) is 23.7. The highest BCUT2D eigenvalue weighted by Gasteiger charge is 2.36. The second kappa shape index (κ2) is 7.41. The van der Waals surface area contributed by atoms with Gasteiger partial charge in [0.1, 0.15) is 12.2 Å². The molecule has 1 unspecified atom stereocenters. The van der Waals surface area contributed by atoms with Crippen molar-refractivity contribution in [3.05, 3.63) is 24.7 Å². The predicted octanol–water partition coefficient (Wildman–Crippen LogP) is 1.94. The molecule has 3 rings (SSSR count). The molecule has 0 saturated carbocycles. The summed E-state index contributed by atoms with van der Waals surface area (Å²) < 4.78 is 39.0. The van der Waals surface area contributed by atoms with Crippen LogP contribution in [0.15, 0.2) is 24.7 Å². The zero-order chi connectivity index (χ0) is 19.6. The van der Waals surface area contributed by atoms with Gasteiger partial charge >= 0.3 is 6.18 Å². The molecular formula is C16H20F3N7O. The monoisotopic (exact) mass is 383 g/mol. The first kappa shape index (κ1) is 18.9. The van der Waals surface area contributed by atoms with Gasteiger partial charge in [-0.1, -0.05) is 0 Å². The van der Waals surface area contributed by atoms with Crippen molar-refractivity contribution in [1.82, 2.24) is 24.6 Å². The van der Waals surface area contributed by atoms with Gasteiger partial charge in [-0.25, -0.2) is 4.98 Å². The van der Waals surface area contributed by atoms with E-state index in [2.05, 4.69) is 20.4 Å². The topological polar surface area (TPSA) is 79.2 Å². The van der Waals surface area contributed by atoms with Crippen LogP contribution in [0.1, 0.15) is 13.3 Å². The van der Waals surface area contributed by atoms with Crippen molar-refractivity contribution in [1.29, 1.82) is 0 Å². The van der Waals surface area contributed by atoms with E-state index >= 15 is 0 Å². The van der Waals surface area contributed by atoms with Crippen LogP contribution < -0.4 is 10.2 Å². The van der Waals surface area contributed by atoms with Gasteiger partial charge in [-0.05, 0) is 13.0 Å². The molecule has 146 valence electrons. The molecule has 8 nitrogen and oxygen atoms in total. The van der Waals surface area contributed by atoms with Gasteiger partial charge in [0.2, 0.25) is 11.9 Å². The van der Waals surface area contributed by atoms with Gasteiger partial charge in [0.15, 0.2) is 0 Å². The van der Waals surface area contributed by atoms with E-state index in [-0.39, 0.29) is 12.6 Å². The van der Waals surface area contributed by atoms with Crippen LogP contribution in [0.3, 0.4) is 0 Å². The molecule has 1 atom stereocenters. The Morgan fingerprint density at radius 1 is 1.37 bits per heavy atom. The Labute approximate surface area is 154 Å². The van der Waals surface area contributed by atoms with Crippen molar-refractivity contribution in [2.24, 2.45) is 7.05 Å². The highest BCUT2D eigenvalue weighted by molar-refractivity contribution is 5.77. The van der Waals surface area contributed by atoms with E-state index in [9.17, 15) is 18.0 Å². The average Bonchev–Trinajstić information content (AvgIpc) is 2.98. The predicted molar refractivity (Wildman–Crippen MR) is 92.6 cm³/mol. The van der Waals surface area contributed by atoms with Crippen LogP contribution in [-0.4, -0.2) is 62.4 Å². The molecule has 0 aromatic carbocycles. The lowest BCUT2D eigenvalue weighted by Crippen LogP contribution is -2.54. The smallest absolute Gasteiger partial charge is 0.353 e. The van der Waals surface area contributed by atoms with Crippen molar-refractivity contribution in [3.8, 4) is 0 Å². The minimum absolute atomic E-state index is 0.214. The van der Waals surface area contributed by atoms with E-state index < -0.39 is 18.5 Å². The summed E-state index contributed by atoms with van der Waals surface area (Å²) in [5.74, 6) is 0.145. The summed E-state index contributed by atoms with van der Waals surface area (Å²) in [6, 6.07) is 1.38. The molecule has 1 fully saturated rings. The number of piperazine rings is 1. The van der Waals surface area contributed by atoms with Crippen LogP contribution in [-0.2, 0) is 11.8 Å². The van der Waals surface area contributed by atoms with Crippen LogP contribution in [0.5, 0.6) is 0 Å². The number of nitrogens with one attached hydrogen (secondary N) is 1. The SMILES string of the molecule is CC1CN(c2ccnc(Nc3cnn(C)c3)n2)CCN1C(=O)CC(F)(F)F. The molecule has 1 amide bonds. The number of hydrogen-bond acceptors (Lipinski definition) is 6. The summed E-state index contributed by atoms with van der Waals surface area (Å²) in [7, 11) is 1.80. The van der Waals surface area contributed by atoms with E-state index in [1.807, 2.05) is 4.90 Å². The first-order valence-corrected chi connectivity index (χ1v) is 8.41. The van der Waals surface area contributed by atoms with Gasteiger partial charge in [0, 0.05) is 45.1 Å². The van der Waals surface area contributed by atoms with Gasteiger partial charge < -0.3 is 15.1 Å². The average molecular weight is 383 g/mol. The number of aryl methyl sites for hydroxylation is 1. The van der Waals surface area contributed by atoms with Crippen molar-refractivity contribution in [2.75, 3.05) is 29.9 Å². The highest BCUT2D eigenvalue weighted by Crippen LogP contribution is 2.24. The Hall–Kier alpha value is -2.85. The van der Waals surface area contributed by atoms with Crippen molar-refractivity contribution >= 4 is 23.4 Å². The third kappa shape index (κ3) is 4.86. The van der Waals surface area contributed by atoms with Crippen LogP contribution in [0.4, 0.5) is 30.6 Å². The number of anilines is 3. The van der Waals surface area contributed by atoms with Crippen LogP contribution in [0.25, 0.3) is 0 Å². The van der Waals surface area contributed by atoms with Gasteiger partial charge in [0.25, 0.3) is 0 Å². The molecule has 2 aromatic heterocycles. The maximum absolute atomic E-state index is 12.5. The Morgan fingerprint density at radius 3 is 2.78 bits per heavy atom. The molecule has 1 N–H and O–H groups in total. The number of amides is 1. The Balaban J connectivity index is 1.65. The van der Waals surface area contributed by atoms with E-state index in [0.717, 1.165) is 5.69 Å². The second-order valence-corrected chi connectivity index (χ2v) is 6.44. The fourth-order valence-corrected chi connectivity index (χ4v) is 3.01. The van der Waals surface area contributed by atoms with Crippen LogP contribution in [0.2, 0.25) is 0 Å². The maximum Gasteiger partial charge on any atom is 0.397 e. The molecule has 0 radical (unpaired) electrons. The standard InChI is InChI=1S/C16H20F3N7O/c1-11-9-25(5-6-26(11)14(27)7-16(17,18)19)13-3-4-20-15(23-13)22-12-8-21-24(2)10-12/h3-4,8,10-11H,5-7,9H2,1-2H3,(H,20,22,23). The van der Waals surface area contributed by atoms with Crippen molar-refractivity contribution in [3.63, 3.8) is 0 Å². The van der Waals surface area contributed by atoms with Gasteiger partial charge in [-0.3, -0.25) is 9.48 Å². The lowest BCUT2D eigenvalue weighted by molar-refractivity contribution is -0.163. The molecule has 3 heterocycles. The Morgan fingerprint density at radius 2 is 2.15 bits per heavy atom. The number of carbonyl (C=O) groups is 1. The molecular weight excluding hydrogens is 363 g/mol. The normalized spacial score (nSPS) is 17.9. The van der Waals surface area contributed by atoms with Gasteiger partial charge in [-0.15, -0.1) is 0 Å². The third-order valence-electron chi connectivity index (χ3n) is 4.23. The summed E-state index contributed by atoms with van der Waals surface area (Å²) in [5.41, 5.74) is 0.741. The van der Waals surface area contributed by atoms with Gasteiger partial charge in [-0.2, -0.15) is 23.3 Å². The second-order valence-electron chi connectivity index (χ2n) is 6.44. The molecule has 0 spiro atoms. The number of halogens is 3. The number of carbonyl (C=O) groups excluding carboxylic acids is 1. The van der Waals surface area contributed by atoms with Crippen molar-refractivity contribution in [2.45, 2.75) is 25.6 Å². The summed E-state index contributed by atoms with van der Waals surface area (Å²) in [5, 5.41) is 7.10. The van der Waals surface area contributed by atoms with E-state index in [1.165, 1.54) is 4.90 Å². The first-order valence-electron chi connectivity index (χ1n) is 8.41. The Bertz CT molecular complexity index is 807. The largest absolute Gasteiger partial charge is 0.397 e. The number of aromatic nitrogens is 4. The number of rotatable bonds is 4. The maximum atomic E-state index is 12.5. The molecule has 1 aliphatic heterocycles. The quantitative estimate of drug-likeness (QED) is 0.869. The van der Waals surface area contributed by atoms with E-state index in [4.69, 9.17) is 0 Å². The van der Waals surface area contributed by atoms with Crippen LogP contribution >= 0.6 is 0 Å². The minimum atomic E-state index is -4.49. The first-order chi connectivity index (χ1) is 12.7. The molecule has 0 aliphatic carbocycles. The summed E-state index contributed by atoms with van der Waals surface area (Å²) in [6.45, 7) is 2.74. The van der Waals surface area contributed by atoms with Crippen molar-refractivity contribution < 1.29 is 18.0 Å². The highest BCUT2D eigenvalue weighted by atomic mass is 19.4. The summed E-state index contributed by atoms with van der Waals surface area (Å²) >= 11 is 0. The minimum Gasteiger partial charge on any atom is -0.353 e. The van der Waals surface area contributed by atoms with E-state index in [1.54, 1.807) is 43.3 Å². The number of alkyl halides is 3. The molecule has 27 heavy (non-hydrogen) atoms. The van der Waals surface area contributed by atoms with Gasteiger partial charge in [0.05, 0.1) is 11.9 Å². The lowest BCUT2D eigenvalue weighted by Gasteiger charge is -2.40. The zero-order valence-electron chi connectivity index (χ0n) is 14.9. The van der Waals surface area contributed by atoms with E-state index in [0.29, 0.717) is 24.9 Å².